The van der Waals surface area contributed by atoms with E-state index >= 15 is 0 Å². The van der Waals surface area contributed by atoms with Crippen molar-refractivity contribution in [1.82, 2.24) is 9.97 Å². The Balaban J connectivity index is 2.52. The zero-order valence-electron chi connectivity index (χ0n) is 9.41. The van der Waals surface area contributed by atoms with E-state index in [1.807, 2.05) is 13.0 Å². The number of halogens is 2. The lowest BCUT2D eigenvalue weighted by Crippen LogP contribution is -1.90. The lowest BCUT2D eigenvalue weighted by Gasteiger charge is -2.07. The van der Waals surface area contributed by atoms with Crippen molar-refractivity contribution in [2.45, 2.75) is 6.92 Å². The van der Waals surface area contributed by atoms with E-state index in [1.54, 1.807) is 18.2 Å². The number of phenolic OH excluding ortho intramolecular Hbond substituents is 1. The number of nitrogens with zero attached hydrogens (tertiary/aromatic N) is 2. The highest BCUT2D eigenvalue weighted by Crippen LogP contribution is 2.33. The van der Waals surface area contributed by atoms with Crippen molar-refractivity contribution in [1.29, 1.82) is 0 Å². The molecule has 0 bridgehead atoms. The molecule has 2 aromatic carbocycles. The largest absolute Gasteiger partial charge is 0.505 e. The summed E-state index contributed by atoms with van der Waals surface area (Å²) in [5, 5.41) is 10.7. The van der Waals surface area contributed by atoms with Crippen LogP contribution >= 0.6 is 27.5 Å². The first-order valence-corrected chi connectivity index (χ1v) is 6.48. The zero-order chi connectivity index (χ0) is 12.9. The van der Waals surface area contributed by atoms with Crippen molar-refractivity contribution in [3.8, 4) is 5.75 Å². The van der Waals surface area contributed by atoms with Crippen LogP contribution in [0.2, 0.25) is 5.02 Å². The smallest absolute Gasteiger partial charge is 0.146 e. The van der Waals surface area contributed by atoms with E-state index in [-0.39, 0.29) is 5.75 Å². The standard InChI is InChI=1S/C13H8BrClN2O/c1-6-4-8(14)11-12(13(6)18)16-9-3-2-7(15)5-10(9)17-11/h2-5,18H,1H3. The molecule has 3 aromatic rings. The number of aromatic hydroxyl groups is 1. The summed E-state index contributed by atoms with van der Waals surface area (Å²) < 4.78 is 0.808. The van der Waals surface area contributed by atoms with E-state index in [1.165, 1.54) is 0 Å². The molecule has 0 radical (unpaired) electrons. The van der Waals surface area contributed by atoms with Gasteiger partial charge in [-0.25, -0.2) is 9.97 Å². The van der Waals surface area contributed by atoms with Crippen LogP contribution in [0.3, 0.4) is 0 Å². The van der Waals surface area contributed by atoms with E-state index < -0.39 is 0 Å². The lowest BCUT2D eigenvalue weighted by molar-refractivity contribution is 0.476. The van der Waals surface area contributed by atoms with Gasteiger partial charge in [-0.05, 0) is 52.7 Å². The molecule has 0 aliphatic heterocycles. The van der Waals surface area contributed by atoms with E-state index in [0.29, 0.717) is 27.1 Å². The minimum atomic E-state index is 0.164. The molecule has 0 amide bonds. The summed E-state index contributed by atoms with van der Waals surface area (Å²) in [5.74, 6) is 0.164. The Kier molecular flexibility index (Phi) is 2.64. The maximum atomic E-state index is 10.0. The highest BCUT2D eigenvalue weighted by atomic mass is 79.9. The molecule has 1 N–H and O–H groups in total. The van der Waals surface area contributed by atoms with Gasteiger partial charge in [-0.2, -0.15) is 0 Å². The summed E-state index contributed by atoms with van der Waals surface area (Å²) in [5.41, 5.74) is 3.31. The van der Waals surface area contributed by atoms with Gasteiger partial charge in [0.1, 0.15) is 16.8 Å². The first-order chi connectivity index (χ1) is 8.56. The normalized spacial score (nSPS) is 11.3. The van der Waals surface area contributed by atoms with Crippen LogP contribution < -0.4 is 0 Å². The molecule has 1 heterocycles. The van der Waals surface area contributed by atoms with E-state index in [2.05, 4.69) is 25.9 Å². The molecular formula is C13H8BrClN2O. The minimum Gasteiger partial charge on any atom is -0.505 e. The number of hydrogen-bond acceptors (Lipinski definition) is 3. The fraction of sp³-hybridized carbons (Fsp3) is 0.0769. The quantitative estimate of drug-likeness (QED) is 0.630. The Morgan fingerprint density at radius 1 is 1.11 bits per heavy atom. The maximum absolute atomic E-state index is 10.0. The molecule has 18 heavy (non-hydrogen) atoms. The average molecular weight is 324 g/mol. The van der Waals surface area contributed by atoms with Gasteiger partial charge >= 0.3 is 0 Å². The van der Waals surface area contributed by atoms with Crippen LogP contribution in [0.25, 0.3) is 22.1 Å². The summed E-state index contributed by atoms with van der Waals surface area (Å²) in [4.78, 5) is 8.93. The van der Waals surface area contributed by atoms with Gasteiger partial charge in [-0.1, -0.05) is 11.6 Å². The number of rotatable bonds is 0. The third kappa shape index (κ3) is 1.72. The Bertz CT molecular complexity index is 789. The molecule has 5 heteroatoms. The van der Waals surface area contributed by atoms with Crippen LogP contribution in [0.4, 0.5) is 0 Å². The Morgan fingerprint density at radius 2 is 1.83 bits per heavy atom. The second-order valence-corrected chi connectivity index (χ2v) is 5.37. The SMILES string of the molecule is Cc1cc(Br)c2nc3cc(Cl)ccc3nc2c1O. The van der Waals surface area contributed by atoms with Gasteiger partial charge in [0, 0.05) is 9.50 Å². The summed E-state index contributed by atoms with van der Waals surface area (Å²) >= 11 is 9.38. The van der Waals surface area contributed by atoms with Crippen molar-refractivity contribution in [2.75, 3.05) is 0 Å². The van der Waals surface area contributed by atoms with Gasteiger partial charge in [-0.3, -0.25) is 0 Å². The number of benzene rings is 2. The molecule has 0 aliphatic rings. The molecule has 90 valence electrons. The van der Waals surface area contributed by atoms with Crippen LogP contribution in [0.15, 0.2) is 28.7 Å². The van der Waals surface area contributed by atoms with Crippen LogP contribution in [-0.2, 0) is 0 Å². The van der Waals surface area contributed by atoms with Gasteiger partial charge in [0.15, 0.2) is 0 Å². The van der Waals surface area contributed by atoms with E-state index in [9.17, 15) is 5.11 Å². The fourth-order valence-electron chi connectivity index (χ4n) is 1.87. The van der Waals surface area contributed by atoms with Crippen molar-refractivity contribution in [3.05, 3.63) is 39.3 Å². The molecular weight excluding hydrogens is 316 g/mol. The second-order valence-electron chi connectivity index (χ2n) is 4.08. The first-order valence-electron chi connectivity index (χ1n) is 5.31. The highest BCUT2D eigenvalue weighted by molar-refractivity contribution is 9.10. The minimum absolute atomic E-state index is 0.164. The third-order valence-electron chi connectivity index (χ3n) is 2.79. The van der Waals surface area contributed by atoms with E-state index in [4.69, 9.17) is 11.6 Å². The fourth-order valence-corrected chi connectivity index (χ4v) is 2.66. The van der Waals surface area contributed by atoms with Crippen LogP contribution in [0.1, 0.15) is 5.56 Å². The molecule has 0 saturated carbocycles. The van der Waals surface area contributed by atoms with Crippen molar-refractivity contribution < 1.29 is 5.11 Å². The van der Waals surface area contributed by atoms with Gasteiger partial charge in [-0.15, -0.1) is 0 Å². The zero-order valence-corrected chi connectivity index (χ0v) is 11.7. The number of aromatic nitrogens is 2. The Labute approximate surface area is 117 Å². The number of fused-ring (bicyclic) bond motifs is 2. The molecule has 0 aliphatic carbocycles. The monoisotopic (exact) mass is 322 g/mol. The summed E-state index contributed by atoms with van der Waals surface area (Å²) in [7, 11) is 0. The van der Waals surface area contributed by atoms with Crippen LogP contribution in [0, 0.1) is 6.92 Å². The van der Waals surface area contributed by atoms with Crippen LogP contribution in [0.5, 0.6) is 5.75 Å². The maximum Gasteiger partial charge on any atom is 0.146 e. The number of aryl methyl sites for hydroxylation is 1. The molecule has 3 nitrogen and oxygen atoms in total. The Hall–Kier alpha value is -1.39. The van der Waals surface area contributed by atoms with Gasteiger partial charge < -0.3 is 5.11 Å². The van der Waals surface area contributed by atoms with Crippen molar-refractivity contribution in [2.24, 2.45) is 0 Å². The predicted octanol–water partition coefficient (Wildman–Crippen LogP) is 4.21. The molecule has 0 atom stereocenters. The lowest BCUT2D eigenvalue weighted by atomic mass is 10.1. The summed E-state index contributed by atoms with van der Waals surface area (Å²) in [6.45, 7) is 1.83. The number of phenols is 1. The molecule has 1 aromatic heterocycles. The van der Waals surface area contributed by atoms with Crippen molar-refractivity contribution in [3.63, 3.8) is 0 Å². The van der Waals surface area contributed by atoms with E-state index in [0.717, 1.165) is 10.0 Å². The third-order valence-corrected chi connectivity index (χ3v) is 3.63. The van der Waals surface area contributed by atoms with Crippen molar-refractivity contribution >= 4 is 49.6 Å². The second kappa shape index (κ2) is 4.07. The first kappa shape index (κ1) is 11.7. The Morgan fingerprint density at radius 3 is 2.61 bits per heavy atom. The van der Waals surface area contributed by atoms with Crippen LogP contribution in [-0.4, -0.2) is 15.1 Å². The average Bonchev–Trinajstić information content (AvgIpc) is 2.34. The van der Waals surface area contributed by atoms with Gasteiger partial charge in [0.05, 0.1) is 11.0 Å². The molecule has 0 unspecified atom stereocenters. The predicted molar refractivity (Wildman–Crippen MR) is 76.2 cm³/mol. The highest BCUT2D eigenvalue weighted by Gasteiger charge is 2.11. The summed E-state index contributed by atoms with van der Waals surface area (Å²) in [6.07, 6.45) is 0. The number of hydrogen-bond donors (Lipinski definition) is 1. The molecule has 0 saturated heterocycles. The molecule has 0 fully saturated rings. The molecule has 0 spiro atoms. The molecule has 3 rings (SSSR count). The summed E-state index contributed by atoms with van der Waals surface area (Å²) in [6, 6.07) is 7.13. The van der Waals surface area contributed by atoms with Gasteiger partial charge in [0.25, 0.3) is 0 Å². The van der Waals surface area contributed by atoms with Gasteiger partial charge in [0.2, 0.25) is 0 Å². The topological polar surface area (TPSA) is 46.0 Å².